The van der Waals surface area contributed by atoms with Gasteiger partial charge in [0.1, 0.15) is 12.1 Å². The molecular formula is C42H74N2O5. The van der Waals surface area contributed by atoms with Crippen LogP contribution in [0.2, 0.25) is 0 Å². The molecule has 2 atom stereocenters. The zero-order valence-corrected chi connectivity index (χ0v) is 31.5. The molecule has 7 heteroatoms. The SMILES string of the molecule is CCC/C=C\C(CCCCCCC(=O)NC(CCCN)C(=O)O)OC(=O)CCCCCCCC/C=C\C/C=C\C/C=C\CCCCCCC. The Morgan fingerprint density at radius 3 is 1.76 bits per heavy atom. The molecule has 0 aromatic heterocycles. The van der Waals surface area contributed by atoms with Crippen molar-refractivity contribution in [3.63, 3.8) is 0 Å². The Kier molecular flexibility index (Phi) is 34.6. The maximum absolute atomic E-state index is 12.5. The highest BCUT2D eigenvalue weighted by atomic mass is 16.5. The lowest BCUT2D eigenvalue weighted by Gasteiger charge is -2.15. The molecule has 0 fully saturated rings. The molecule has 0 saturated carbocycles. The highest BCUT2D eigenvalue weighted by Gasteiger charge is 2.19. The van der Waals surface area contributed by atoms with Crippen molar-refractivity contribution in [2.45, 2.75) is 193 Å². The van der Waals surface area contributed by atoms with E-state index in [-0.39, 0.29) is 18.0 Å². The Hall–Kier alpha value is -2.67. The molecule has 0 aliphatic rings. The number of unbranched alkanes of at least 4 members (excludes halogenated alkanes) is 15. The Balaban J connectivity index is 3.95. The van der Waals surface area contributed by atoms with E-state index >= 15 is 0 Å². The third kappa shape index (κ3) is 33.6. The standard InChI is InChI=1S/C42H74N2O5/c1-3-5-7-8-9-10-11-12-13-14-15-16-17-18-19-20-21-22-23-24-30-36-41(46)49-38(32-27-6-4-2)33-28-25-26-29-35-40(45)44-39(42(47)48)34-31-37-43/h11-12,14-15,17-18,27,32,38-39H,3-10,13,16,19-26,28-31,33-37,43H2,1-2H3,(H,44,45)(H,47,48)/b12-11-,15-14-,18-17-,32-27-. The van der Waals surface area contributed by atoms with Gasteiger partial charge in [-0.05, 0) is 96.1 Å². The molecule has 0 radical (unpaired) electrons. The second-order valence-electron chi connectivity index (χ2n) is 13.3. The Labute approximate surface area is 300 Å². The summed E-state index contributed by atoms with van der Waals surface area (Å²) in [6, 6.07) is -0.871. The minimum Gasteiger partial charge on any atom is -0.480 e. The van der Waals surface area contributed by atoms with Crippen LogP contribution in [0.3, 0.4) is 0 Å². The first-order valence-electron chi connectivity index (χ1n) is 20.0. The van der Waals surface area contributed by atoms with Crippen molar-refractivity contribution in [3.05, 3.63) is 48.6 Å². The van der Waals surface area contributed by atoms with E-state index in [0.29, 0.717) is 38.6 Å². The van der Waals surface area contributed by atoms with Gasteiger partial charge >= 0.3 is 11.9 Å². The average molecular weight is 687 g/mol. The summed E-state index contributed by atoms with van der Waals surface area (Å²) in [5.74, 6) is -1.36. The third-order valence-corrected chi connectivity index (χ3v) is 8.58. The smallest absolute Gasteiger partial charge is 0.326 e. The van der Waals surface area contributed by atoms with Crippen LogP contribution in [0.5, 0.6) is 0 Å². The average Bonchev–Trinajstić information content (AvgIpc) is 3.08. The molecule has 1 amide bonds. The second-order valence-corrected chi connectivity index (χ2v) is 13.3. The third-order valence-electron chi connectivity index (χ3n) is 8.58. The van der Waals surface area contributed by atoms with E-state index in [1.807, 2.05) is 6.08 Å². The van der Waals surface area contributed by atoms with Crippen LogP contribution in [0.25, 0.3) is 0 Å². The summed E-state index contributed by atoms with van der Waals surface area (Å²) in [5, 5.41) is 11.9. The van der Waals surface area contributed by atoms with E-state index in [0.717, 1.165) is 77.0 Å². The van der Waals surface area contributed by atoms with Crippen LogP contribution in [0.1, 0.15) is 181 Å². The lowest BCUT2D eigenvalue weighted by molar-refractivity contribution is -0.147. The summed E-state index contributed by atoms with van der Waals surface area (Å²) < 4.78 is 5.81. The van der Waals surface area contributed by atoms with Crippen LogP contribution in [-0.2, 0) is 19.1 Å². The quantitative estimate of drug-likeness (QED) is 0.0347. The number of allylic oxidation sites excluding steroid dienone is 7. The summed E-state index contributed by atoms with van der Waals surface area (Å²) in [6.07, 6.45) is 43.5. The van der Waals surface area contributed by atoms with E-state index in [1.54, 1.807) is 0 Å². The number of esters is 1. The molecule has 4 N–H and O–H groups in total. The summed E-state index contributed by atoms with van der Waals surface area (Å²) in [6.45, 7) is 4.79. The topological polar surface area (TPSA) is 119 Å². The number of carbonyl (C=O) groups is 3. The molecule has 0 spiro atoms. The largest absolute Gasteiger partial charge is 0.480 e. The molecule has 282 valence electrons. The minimum absolute atomic E-state index is 0.113. The Bertz CT molecular complexity index is 911. The highest BCUT2D eigenvalue weighted by molar-refractivity contribution is 5.83. The zero-order valence-electron chi connectivity index (χ0n) is 31.5. The van der Waals surface area contributed by atoms with Gasteiger partial charge in [0.25, 0.3) is 0 Å². The fourth-order valence-corrected chi connectivity index (χ4v) is 5.55. The summed E-state index contributed by atoms with van der Waals surface area (Å²) in [5.41, 5.74) is 5.46. The van der Waals surface area contributed by atoms with E-state index in [2.05, 4.69) is 61.7 Å². The van der Waals surface area contributed by atoms with Crippen LogP contribution < -0.4 is 11.1 Å². The molecule has 0 aliphatic heterocycles. The molecular weight excluding hydrogens is 612 g/mol. The maximum Gasteiger partial charge on any atom is 0.326 e. The predicted molar refractivity (Wildman–Crippen MR) is 206 cm³/mol. The zero-order chi connectivity index (χ0) is 36.0. The number of aliphatic carboxylic acids is 1. The van der Waals surface area contributed by atoms with Crippen LogP contribution in [0, 0.1) is 0 Å². The number of amides is 1. The molecule has 7 nitrogen and oxygen atoms in total. The van der Waals surface area contributed by atoms with Crippen molar-refractivity contribution in [3.8, 4) is 0 Å². The predicted octanol–water partition coefficient (Wildman–Crippen LogP) is 10.8. The lowest BCUT2D eigenvalue weighted by atomic mass is 10.1. The second kappa shape index (κ2) is 36.6. The first-order chi connectivity index (χ1) is 23.9. The van der Waals surface area contributed by atoms with Gasteiger partial charge in [0.15, 0.2) is 0 Å². The number of carboxylic acid groups (broad SMARTS) is 1. The summed E-state index contributed by atoms with van der Waals surface area (Å²) >= 11 is 0. The normalized spacial score (nSPS) is 13.2. The van der Waals surface area contributed by atoms with Gasteiger partial charge in [-0.3, -0.25) is 9.59 Å². The number of carboxylic acids is 1. The number of nitrogens with two attached hydrogens (primary N) is 1. The number of ether oxygens (including phenoxy) is 1. The van der Waals surface area contributed by atoms with Crippen LogP contribution >= 0.6 is 0 Å². The van der Waals surface area contributed by atoms with Crippen molar-refractivity contribution >= 4 is 17.8 Å². The first kappa shape index (κ1) is 46.3. The van der Waals surface area contributed by atoms with Crippen molar-refractivity contribution in [2.75, 3.05) is 6.54 Å². The molecule has 0 heterocycles. The van der Waals surface area contributed by atoms with Crippen molar-refractivity contribution in [2.24, 2.45) is 5.73 Å². The van der Waals surface area contributed by atoms with E-state index < -0.39 is 12.0 Å². The van der Waals surface area contributed by atoms with Gasteiger partial charge in [-0.25, -0.2) is 4.79 Å². The fourth-order valence-electron chi connectivity index (χ4n) is 5.55. The molecule has 0 aromatic carbocycles. The number of rotatable bonds is 35. The fraction of sp³-hybridized carbons (Fsp3) is 0.738. The van der Waals surface area contributed by atoms with Gasteiger partial charge in [-0.1, -0.05) is 127 Å². The number of carbonyl (C=O) groups excluding carboxylic acids is 2. The first-order valence-corrected chi connectivity index (χ1v) is 20.0. The van der Waals surface area contributed by atoms with Crippen LogP contribution in [0.4, 0.5) is 0 Å². The maximum atomic E-state index is 12.5. The monoisotopic (exact) mass is 687 g/mol. The Morgan fingerprint density at radius 1 is 0.612 bits per heavy atom. The van der Waals surface area contributed by atoms with E-state index in [4.69, 9.17) is 10.5 Å². The Morgan fingerprint density at radius 2 is 1.16 bits per heavy atom. The van der Waals surface area contributed by atoms with Crippen molar-refractivity contribution < 1.29 is 24.2 Å². The van der Waals surface area contributed by atoms with Crippen LogP contribution in [-0.4, -0.2) is 41.6 Å². The number of nitrogens with one attached hydrogen (secondary N) is 1. The van der Waals surface area contributed by atoms with Crippen LogP contribution in [0.15, 0.2) is 48.6 Å². The number of hydrogen-bond acceptors (Lipinski definition) is 5. The van der Waals surface area contributed by atoms with Gasteiger partial charge in [-0.15, -0.1) is 0 Å². The molecule has 2 unspecified atom stereocenters. The van der Waals surface area contributed by atoms with Gasteiger partial charge in [0, 0.05) is 12.8 Å². The summed E-state index contributed by atoms with van der Waals surface area (Å²) in [4.78, 5) is 36.0. The highest BCUT2D eigenvalue weighted by Crippen LogP contribution is 2.15. The van der Waals surface area contributed by atoms with Gasteiger partial charge < -0.3 is 20.9 Å². The molecule has 0 aromatic rings. The minimum atomic E-state index is -1.02. The molecule has 0 bridgehead atoms. The number of hydrogen-bond donors (Lipinski definition) is 3. The van der Waals surface area contributed by atoms with Crippen molar-refractivity contribution in [1.29, 1.82) is 0 Å². The molecule has 0 saturated heterocycles. The van der Waals surface area contributed by atoms with Gasteiger partial charge in [0.2, 0.25) is 5.91 Å². The van der Waals surface area contributed by atoms with Gasteiger partial charge in [-0.2, -0.15) is 0 Å². The van der Waals surface area contributed by atoms with Gasteiger partial charge in [0.05, 0.1) is 0 Å². The summed E-state index contributed by atoms with van der Waals surface area (Å²) in [7, 11) is 0. The van der Waals surface area contributed by atoms with Crippen molar-refractivity contribution in [1.82, 2.24) is 5.32 Å². The van der Waals surface area contributed by atoms with E-state index in [1.165, 1.54) is 57.8 Å². The lowest BCUT2D eigenvalue weighted by Crippen LogP contribution is -2.40. The molecule has 0 aliphatic carbocycles. The molecule has 49 heavy (non-hydrogen) atoms. The molecule has 0 rings (SSSR count). The van der Waals surface area contributed by atoms with E-state index in [9.17, 15) is 19.5 Å².